The molecule has 306 valence electrons. The van der Waals surface area contributed by atoms with Crippen LogP contribution in [-0.2, 0) is 28.6 Å². The molecule has 0 aromatic carbocycles. The fourth-order valence-electron chi connectivity index (χ4n) is 6.03. The molecule has 0 saturated heterocycles. The highest BCUT2D eigenvalue weighted by Crippen LogP contribution is 2.14. The van der Waals surface area contributed by atoms with E-state index in [1.807, 2.05) is 0 Å². The third-order valence-corrected chi connectivity index (χ3v) is 9.38. The summed E-state index contributed by atoms with van der Waals surface area (Å²) in [6.45, 7) is 6.42. The Hall–Kier alpha value is -2.63. The molecule has 0 fully saturated rings. The molecule has 0 amide bonds. The molecule has 0 heterocycles. The van der Waals surface area contributed by atoms with E-state index in [0.29, 0.717) is 19.3 Å². The van der Waals surface area contributed by atoms with Crippen LogP contribution in [0.1, 0.15) is 213 Å². The lowest BCUT2D eigenvalue weighted by Crippen LogP contribution is -2.30. The van der Waals surface area contributed by atoms with Crippen LogP contribution in [0.25, 0.3) is 0 Å². The molecule has 1 unspecified atom stereocenters. The highest BCUT2D eigenvalue weighted by atomic mass is 16.6. The van der Waals surface area contributed by atoms with E-state index < -0.39 is 6.10 Å². The van der Waals surface area contributed by atoms with E-state index in [-0.39, 0.29) is 31.1 Å². The van der Waals surface area contributed by atoms with Crippen LogP contribution >= 0.6 is 0 Å². The zero-order chi connectivity index (χ0) is 38.7. The van der Waals surface area contributed by atoms with Gasteiger partial charge in [-0.25, -0.2) is 0 Å². The van der Waals surface area contributed by atoms with Gasteiger partial charge in [-0.1, -0.05) is 185 Å². The maximum Gasteiger partial charge on any atom is 0.306 e. The number of hydrogen-bond donors (Lipinski definition) is 0. The van der Waals surface area contributed by atoms with Crippen molar-refractivity contribution in [3.63, 3.8) is 0 Å². The van der Waals surface area contributed by atoms with Crippen LogP contribution in [0.3, 0.4) is 0 Å². The van der Waals surface area contributed by atoms with Crippen LogP contribution < -0.4 is 0 Å². The molecule has 0 aliphatic carbocycles. The van der Waals surface area contributed by atoms with E-state index in [9.17, 15) is 14.4 Å². The van der Waals surface area contributed by atoms with Gasteiger partial charge in [-0.05, 0) is 57.8 Å². The zero-order valence-corrected chi connectivity index (χ0v) is 34.8. The van der Waals surface area contributed by atoms with Crippen molar-refractivity contribution >= 4 is 17.9 Å². The van der Waals surface area contributed by atoms with Gasteiger partial charge in [-0.15, -0.1) is 0 Å². The first kappa shape index (κ1) is 50.4. The second kappa shape index (κ2) is 42.1. The molecular weight excluding hydrogens is 661 g/mol. The van der Waals surface area contributed by atoms with Gasteiger partial charge in [-0.3, -0.25) is 14.4 Å². The molecule has 0 N–H and O–H groups in total. The second-order valence-corrected chi connectivity index (χ2v) is 14.6. The Bertz CT molecular complexity index is 949. The van der Waals surface area contributed by atoms with Crippen LogP contribution in [0, 0.1) is 0 Å². The SMILES string of the molecule is CC\C=C/C=C\C=C/CCCCCCCCCC(=O)OCC(COC(=O)CCC/C=C\CCCCCC)OC(=O)CCCCCCCCCCCCC. The van der Waals surface area contributed by atoms with Gasteiger partial charge in [0.2, 0.25) is 0 Å². The fourth-order valence-corrected chi connectivity index (χ4v) is 6.03. The summed E-state index contributed by atoms with van der Waals surface area (Å²) in [6.07, 6.45) is 48.1. The minimum atomic E-state index is -0.783. The van der Waals surface area contributed by atoms with Crippen molar-refractivity contribution in [1.29, 1.82) is 0 Å². The van der Waals surface area contributed by atoms with Gasteiger partial charge in [0.1, 0.15) is 13.2 Å². The molecular formula is C47H82O6. The van der Waals surface area contributed by atoms with Crippen molar-refractivity contribution in [3.8, 4) is 0 Å². The maximum absolute atomic E-state index is 12.7. The number of allylic oxidation sites excluding steroid dienone is 8. The first-order valence-electron chi connectivity index (χ1n) is 22.2. The van der Waals surface area contributed by atoms with E-state index in [1.165, 1.54) is 103 Å². The minimum absolute atomic E-state index is 0.0867. The molecule has 0 aromatic heterocycles. The van der Waals surface area contributed by atoms with Gasteiger partial charge < -0.3 is 14.2 Å². The summed E-state index contributed by atoms with van der Waals surface area (Å²) in [5.74, 6) is -0.937. The Balaban J connectivity index is 4.38. The molecule has 0 aliphatic rings. The van der Waals surface area contributed by atoms with Crippen molar-refractivity contribution in [2.45, 2.75) is 219 Å². The average molecular weight is 743 g/mol. The molecule has 0 spiro atoms. The van der Waals surface area contributed by atoms with Crippen LogP contribution in [0.2, 0.25) is 0 Å². The number of carbonyl (C=O) groups excluding carboxylic acids is 3. The summed E-state index contributed by atoms with van der Waals surface area (Å²) in [6, 6.07) is 0. The topological polar surface area (TPSA) is 78.9 Å². The average Bonchev–Trinajstić information content (AvgIpc) is 3.15. The summed E-state index contributed by atoms with van der Waals surface area (Å²) in [4.78, 5) is 37.6. The number of esters is 3. The van der Waals surface area contributed by atoms with Crippen molar-refractivity contribution in [2.24, 2.45) is 0 Å². The second-order valence-electron chi connectivity index (χ2n) is 14.6. The molecule has 0 aromatic rings. The van der Waals surface area contributed by atoms with Gasteiger partial charge in [-0.2, -0.15) is 0 Å². The first-order chi connectivity index (χ1) is 26.0. The van der Waals surface area contributed by atoms with Gasteiger partial charge >= 0.3 is 17.9 Å². The highest BCUT2D eigenvalue weighted by molar-refractivity contribution is 5.71. The van der Waals surface area contributed by atoms with Crippen LogP contribution in [0.5, 0.6) is 0 Å². The van der Waals surface area contributed by atoms with Crippen molar-refractivity contribution in [3.05, 3.63) is 48.6 Å². The Labute approximate surface area is 327 Å². The third-order valence-electron chi connectivity index (χ3n) is 9.38. The number of carbonyl (C=O) groups is 3. The highest BCUT2D eigenvalue weighted by Gasteiger charge is 2.19. The number of hydrogen-bond acceptors (Lipinski definition) is 6. The Morgan fingerprint density at radius 1 is 0.396 bits per heavy atom. The fraction of sp³-hybridized carbons (Fsp3) is 0.766. The molecule has 6 nitrogen and oxygen atoms in total. The first-order valence-corrected chi connectivity index (χ1v) is 22.2. The lowest BCUT2D eigenvalue weighted by atomic mass is 10.1. The van der Waals surface area contributed by atoms with Crippen LogP contribution in [0.15, 0.2) is 48.6 Å². The lowest BCUT2D eigenvalue weighted by Gasteiger charge is -2.18. The molecule has 0 bridgehead atoms. The summed E-state index contributed by atoms with van der Waals surface area (Å²) in [5, 5.41) is 0. The van der Waals surface area contributed by atoms with E-state index in [1.54, 1.807) is 0 Å². The Morgan fingerprint density at radius 3 is 1.28 bits per heavy atom. The van der Waals surface area contributed by atoms with Crippen molar-refractivity contribution < 1.29 is 28.6 Å². The normalized spacial score (nSPS) is 12.4. The predicted octanol–water partition coefficient (Wildman–Crippen LogP) is 14.0. The number of rotatable bonds is 39. The monoisotopic (exact) mass is 743 g/mol. The smallest absolute Gasteiger partial charge is 0.306 e. The third kappa shape index (κ3) is 40.4. The Kier molecular flexibility index (Phi) is 40.0. The molecule has 6 heteroatoms. The molecule has 0 rings (SSSR count). The number of ether oxygens (including phenoxy) is 3. The molecule has 0 saturated carbocycles. The number of unbranched alkanes of at least 4 members (excludes halogenated alkanes) is 22. The van der Waals surface area contributed by atoms with Crippen molar-refractivity contribution in [2.75, 3.05) is 13.2 Å². The molecule has 53 heavy (non-hydrogen) atoms. The van der Waals surface area contributed by atoms with E-state index in [2.05, 4.69) is 69.4 Å². The van der Waals surface area contributed by atoms with Gasteiger partial charge in [0.05, 0.1) is 0 Å². The van der Waals surface area contributed by atoms with E-state index in [0.717, 1.165) is 70.6 Å². The molecule has 0 radical (unpaired) electrons. The molecule has 1 atom stereocenters. The van der Waals surface area contributed by atoms with Gasteiger partial charge in [0, 0.05) is 19.3 Å². The minimum Gasteiger partial charge on any atom is -0.462 e. The summed E-state index contributed by atoms with van der Waals surface area (Å²) in [5.41, 5.74) is 0. The van der Waals surface area contributed by atoms with Crippen molar-refractivity contribution in [1.82, 2.24) is 0 Å². The zero-order valence-electron chi connectivity index (χ0n) is 34.8. The van der Waals surface area contributed by atoms with Gasteiger partial charge in [0.25, 0.3) is 0 Å². The standard InChI is InChI=1S/C47H82O6/c1-4-7-10-13-16-19-21-22-23-24-26-28-31-34-37-40-46(49)52-43-44(42-51-45(48)39-36-33-30-27-18-15-12-9-6-3)53-47(50)41-38-35-32-29-25-20-17-14-11-8-5-2/h7,10,13,16,19,21,27,30,44H,4-6,8-9,11-12,14-15,17-18,20,22-26,28-29,31-43H2,1-3H3/b10-7-,16-13-,21-19-,30-27-. The maximum atomic E-state index is 12.7. The van der Waals surface area contributed by atoms with Gasteiger partial charge in [0.15, 0.2) is 6.10 Å². The quantitative estimate of drug-likeness (QED) is 0.0205. The molecule has 0 aliphatic heterocycles. The summed E-state index contributed by atoms with van der Waals surface area (Å²) < 4.78 is 16.6. The lowest BCUT2D eigenvalue weighted by molar-refractivity contribution is -0.167. The summed E-state index contributed by atoms with van der Waals surface area (Å²) in [7, 11) is 0. The van der Waals surface area contributed by atoms with Crippen LogP contribution in [-0.4, -0.2) is 37.2 Å². The van der Waals surface area contributed by atoms with Crippen LogP contribution in [0.4, 0.5) is 0 Å². The predicted molar refractivity (Wildman–Crippen MR) is 224 cm³/mol. The van der Waals surface area contributed by atoms with E-state index in [4.69, 9.17) is 14.2 Å². The Morgan fingerprint density at radius 2 is 0.774 bits per heavy atom. The van der Waals surface area contributed by atoms with E-state index >= 15 is 0 Å². The summed E-state index contributed by atoms with van der Waals surface area (Å²) >= 11 is 0. The largest absolute Gasteiger partial charge is 0.462 e.